The van der Waals surface area contributed by atoms with Gasteiger partial charge in [-0.15, -0.1) is 0 Å². The van der Waals surface area contributed by atoms with Gasteiger partial charge >= 0.3 is 12.1 Å². The van der Waals surface area contributed by atoms with Gasteiger partial charge in [0, 0.05) is 110 Å². The molecule has 0 aromatic heterocycles. The van der Waals surface area contributed by atoms with Crippen LogP contribution < -0.4 is 16.1 Å². The van der Waals surface area contributed by atoms with Crippen molar-refractivity contribution < 1.29 is 81.4 Å². The van der Waals surface area contributed by atoms with Crippen molar-refractivity contribution in [1.82, 2.24) is 30.8 Å². The van der Waals surface area contributed by atoms with Gasteiger partial charge in [0.2, 0.25) is 23.6 Å². The summed E-state index contributed by atoms with van der Waals surface area (Å²) in [5.74, 6) is -5.27. The first kappa shape index (κ1) is 89.7. The summed E-state index contributed by atoms with van der Waals surface area (Å²) in [7, 11) is 6.34. The number of likely N-dealkylation sites (N-methyl/N-ethyl adjacent to an activating group) is 2. The zero-order valence-corrected chi connectivity index (χ0v) is 66.1. The fourth-order valence-corrected chi connectivity index (χ4v) is 15.0. The van der Waals surface area contributed by atoms with E-state index in [1.54, 1.807) is 30.8 Å². The first-order chi connectivity index (χ1) is 50.8. The number of hydrogen-bond donors (Lipinski definition) is 4. The Balaban J connectivity index is 1.03. The number of allylic oxidation sites excluding steroid dienone is 1. The van der Waals surface area contributed by atoms with Crippen molar-refractivity contribution in [2.24, 2.45) is 46.5 Å². The van der Waals surface area contributed by atoms with Gasteiger partial charge in [-0.25, -0.2) is 4.79 Å². The van der Waals surface area contributed by atoms with E-state index in [4.69, 9.17) is 38.3 Å². The Morgan fingerprint density at radius 1 is 0.670 bits per heavy atom. The maximum Gasteiger partial charge on any atom is 0.407 e. The van der Waals surface area contributed by atoms with E-state index < -0.39 is 60.1 Å². The molecule has 5 amide bonds. The predicted molar refractivity (Wildman–Crippen MR) is 408 cm³/mol. The van der Waals surface area contributed by atoms with Crippen molar-refractivity contribution in [3.63, 3.8) is 0 Å². The van der Waals surface area contributed by atoms with E-state index >= 15 is 0 Å². The molecule has 24 nitrogen and oxygen atoms in total. The monoisotopic (exact) mass is 1480 g/mol. The minimum Gasteiger partial charge on any atom is -0.481 e. The molecule has 594 valence electrons. The quantitative estimate of drug-likeness (QED) is 0.0448. The maximum absolute atomic E-state index is 14.9. The fourth-order valence-electron chi connectivity index (χ4n) is 15.0. The Hall–Kier alpha value is -6.96. The highest BCUT2D eigenvalue weighted by atomic mass is 16.6. The van der Waals surface area contributed by atoms with Crippen molar-refractivity contribution >= 4 is 64.4 Å². The van der Waals surface area contributed by atoms with E-state index in [1.165, 1.54) is 31.1 Å². The SMILES string of the molecule is CCCCCCC(=O)CCOCCOCCOCCOCCNC(=O)OC1CCCC2=C(c3ccc(CNC(=O)CCCC(=O)N(C)[C@H](C(=O)C[C@H](C(=O)N(C)[C@@H]([C@@H](C)CC)[C@@H](CC(=O)N4CCC[C@H]4[C@H](OC)[C@@H](C)C(=O)C[C@@H](Cc4ccccc4)C(=O)O)OC)C(C)C)C(C)C)cc3)NN=C(C)C2CC1. The summed E-state index contributed by atoms with van der Waals surface area (Å²) in [6.45, 7) is 21.7. The zero-order valence-electron chi connectivity index (χ0n) is 66.1. The highest BCUT2D eigenvalue weighted by molar-refractivity contribution is 5.94. The van der Waals surface area contributed by atoms with Crippen LogP contribution in [-0.2, 0) is 84.5 Å². The number of carbonyl (C=O) groups is 9. The third-order valence-corrected chi connectivity index (χ3v) is 21.4. The number of Topliss-reactive ketones (excluding diaryl/α,β-unsaturated/α-hetero) is 3. The number of rotatable bonds is 51. The van der Waals surface area contributed by atoms with Crippen LogP contribution >= 0.6 is 0 Å². The van der Waals surface area contributed by atoms with Gasteiger partial charge in [0.15, 0.2) is 5.78 Å². The number of hydrogen-bond acceptors (Lipinski definition) is 18. The second kappa shape index (κ2) is 48.5. The van der Waals surface area contributed by atoms with Crippen LogP contribution in [0, 0.1) is 41.4 Å². The number of carboxylic acids is 1. The standard InChI is InChI=1S/C82H129N7O17/c1-14-16-17-21-27-64(90)39-42-102-44-46-104-48-49-105-47-45-103-43-40-83-82(99)106-65-28-22-29-67-66(38-37-65)59(9)85-86-76(67)62-35-33-61(34-36-62)54-84-73(93)31-23-32-74(94)87(10)77(56(5)6)71(92)52-68(55(3)4)80(96)88(11)78(57(7)15-2)72(100-12)53-75(95)89-41-24-30-69(89)79(101-13)58(8)70(91)51-63(81(97)98)50-60-25-19-18-20-26-60/h18-20,25-26,33-36,55-58,63,65-66,68-69,72,77-79,86H,14-17,21-24,27-32,37-54H2,1-13H3,(H,83,99)(H,84,93)(H,97,98)/t57-,58-,63+,65?,66?,68-,69-,72+,77-,78-,79+/m0/s1. The lowest BCUT2D eigenvalue weighted by molar-refractivity contribution is -0.150. The summed E-state index contributed by atoms with van der Waals surface area (Å²) in [5.41, 5.74) is 9.20. The third-order valence-electron chi connectivity index (χ3n) is 21.4. The number of ketones is 3. The van der Waals surface area contributed by atoms with Crippen molar-refractivity contribution in [3.8, 4) is 0 Å². The molecule has 1 saturated carbocycles. The molecule has 106 heavy (non-hydrogen) atoms. The molecule has 0 radical (unpaired) electrons. The molecule has 2 heterocycles. The van der Waals surface area contributed by atoms with Crippen LogP contribution in [0.1, 0.15) is 207 Å². The number of carboxylic acid groups (broad SMARTS) is 1. The number of methoxy groups -OCH3 is 2. The minimum atomic E-state index is -1.05. The Morgan fingerprint density at radius 2 is 1.34 bits per heavy atom. The van der Waals surface area contributed by atoms with E-state index in [-0.39, 0.29) is 122 Å². The molecule has 1 aliphatic carbocycles. The maximum atomic E-state index is 14.9. The summed E-state index contributed by atoms with van der Waals surface area (Å²) in [5, 5.41) is 20.6. The van der Waals surface area contributed by atoms with Crippen molar-refractivity contribution in [2.45, 2.75) is 240 Å². The molecule has 2 aromatic rings. The second-order valence-electron chi connectivity index (χ2n) is 29.8. The number of aliphatic carboxylic acids is 1. The lowest BCUT2D eigenvalue weighted by atomic mass is 9.80. The lowest BCUT2D eigenvalue weighted by Crippen LogP contribution is -2.54. The summed E-state index contributed by atoms with van der Waals surface area (Å²) >= 11 is 0. The topological polar surface area (TPSA) is 297 Å². The lowest BCUT2D eigenvalue weighted by Gasteiger charge is -2.41. The van der Waals surface area contributed by atoms with E-state index in [2.05, 4.69) is 23.0 Å². The molecule has 0 spiro atoms. The number of benzene rings is 2. The average molecular weight is 1480 g/mol. The van der Waals surface area contributed by atoms with Crippen LogP contribution in [-0.4, -0.2) is 209 Å². The largest absolute Gasteiger partial charge is 0.481 e. The fraction of sp³-hybridized carbons (Fsp3) is 0.707. The molecule has 2 unspecified atom stereocenters. The highest BCUT2D eigenvalue weighted by Crippen LogP contribution is 2.37. The average Bonchev–Trinajstić information content (AvgIpc) is 1.22. The van der Waals surface area contributed by atoms with Crippen LogP contribution in [0.25, 0.3) is 5.70 Å². The normalized spacial score (nSPS) is 18.3. The molecular formula is C82H129N7O17. The van der Waals surface area contributed by atoms with Gasteiger partial charge in [0.05, 0.1) is 101 Å². The molecule has 24 heteroatoms. The molecule has 2 aliphatic heterocycles. The number of nitrogens with one attached hydrogen (secondary N) is 3. The van der Waals surface area contributed by atoms with Gasteiger partial charge < -0.3 is 63.6 Å². The zero-order chi connectivity index (χ0) is 77.7. The number of nitrogens with zero attached hydrogens (tertiary/aromatic N) is 4. The number of likely N-dealkylation sites (tertiary alicyclic amines) is 1. The Labute approximate surface area is 631 Å². The summed E-state index contributed by atoms with van der Waals surface area (Å²) in [6, 6.07) is 15.4. The van der Waals surface area contributed by atoms with Crippen molar-refractivity contribution in [2.75, 3.05) is 94.3 Å². The number of amides is 5. The highest BCUT2D eigenvalue weighted by Gasteiger charge is 2.44. The van der Waals surface area contributed by atoms with Crippen LogP contribution in [0.15, 0.2) is 65.3 Å². The van der Waals surface area contributed by atoms with Gasteiger partial charge in [-0.1, -0.05) is 136 Å². The number of hydrazone groups is 1. The second-order valence-corrected chi connectivity index (χ2v) is 29.8. The van der Waals surface area contributed by atoms with Crippen LogP contribution in [0.4, 0.5) is 4.79 Å². The van der Waals surface area contributed by atoms with Gasteiger partial charge in [0.25, 0.3) is 0 Å². The number of fused-ring (bicyclic) bond motifs is 1. The Morgan fingerprint density at radius 3 is 1.96 bits per heavy atom. The van der Waals surface area contributed by atoms with Crippen LogP contribution in [0.2, 0.25) is 0 Å². The van der Waals surface area contributed by atoms with E-state index in [0.29, 0.717) is 104 Å². The third kappa shape index (κ3) is 29.5. The first-order valence-corrected chi connectivity index (χ1v) is 39.2. The van der Waals surface area contributed by atoms with Crippen molar-refractivity contribution in [1.29, 1.82) is 0 Å². The van der Waals surface area contributed by atoms with Gasteiger partial charge in [-0.2, -0.15) is 5.10 Å². The molecule has 1 saturated heterocycles. The van der Waals surface area contributed by atoms with E-state index in [1.807, 2.05) is 103 Å². The smallest absolute Gasteiger partial charge is 0.407 e. The Bertz CT molecular complexity index is 3110. The summed E-state index contributed by atoms with van der Waals surface area (Å²) in [6.07, 6.45) is 9.31. The predicted octanol–water partition coefficient (Wildman–Crippen LogP) is 11.4. The molecule has 5 rings (SSSR count). The summed E-state index contributed by atoms with van der Waals surface area (Å²) in [4.78, 5) is 127. The molecule has 4 N–H and O–H groups in total. The molecule has 0 bridgehead atoms. The molecule has 3 aliphatic rings. The Kier molecular flexibility index (Phi) is 41.0. The number of ether oxygens (including phenoxy) is 7. The molecule has 2 fully saturated rings. The van der Waals surface area contributed by atoms with Crippen LogP contribution in [0.5, 0.6) is 0 Å². The van der Waals surface area contributed by atoms with Gasteiger partial charge in [-0.3, -0.25) is 43.8 Å². The van der Waals surface area contributed by atoms with E-state index in [9.17, 15) is 48.3 Å². The summed E-state index contributed by atoms with van der Waals surface area (Å²) < 4.78 is 40.2. The first-order valence-electron chi connectivity index (χ1n) is 39.2. The van der Waals surface area contributed by atoms with E-state index in [0.717, 1.165) is 73.0 Å². The van der Waals surface area contributed by atoms with Crippen molar-refractivity contribution in [3.05, 3.63) is 76.9 Å². The molecule has 2 aromatic carbocycles. The molecule has 11 atom stereocenters. The van der Waals surface area contributed by atoms with Crippen LogP contribution in [0.3, 0.4) is 0 Å². The van der Waals surface area contributed by atoms with Gasteiger partial charge in [-0.05, 0) is 111 Å². The van der Waals surface area contributed by atoms with Gasteiger partial charge in [0.1, 0.15) is 17.7 Å². The molecular weight excluding hydrogens is 1350 g/mol. The number of carbonyl (C=O) groups excluding carboxylic acids is 8. The number of alkyl carbamates (subject to hydrolysis) is 1. The minimum absolute atomic E-state index is 0.0370. The number of unbranched alkanes of at least 4 members (excludes halogenated alkanes) is 3.